The van der Waals surface area contributed by atoms with Gasteiger partial charge in [0.2, 0.25) is 0 Å². The summed E-state index contributed by atoms with van der Waals surface area (Å²) >= 11 is 10.3. The number of aromatic nitrogens is 1. The van der Waals surface area contributed by atoms with E-state index in [2.05, 4.69) is 4.98 Å². The van der Waals surface area contributed by atoms with Crippen LogP contribution >= 0.6 is 23.8 Å². The molecule has 0 fully saturated rings. The van der Waals surface area contributed by atoms with Crippen molar-refractivity contribution >= 4 is 28.8 Å². The van der Waals surface area contributed by atoms with E-state index in [9.17, 15) is 0 Å². The van der Waals surface area contributed by atoms with E-state index in [1.807, 2.05) is 6.07 Å². The molecule has 0 amide bonds. The van der Waals surface area contributed by atoms with Gasteiger partial charge in [0.05, 0.1) is 10.0 Å². The van der Waals surface area contributed by atoms with Crippen molar-refractivity contribution in [3.63, 3.8) is 0 Å². The summed E-state index contributed by atoms with van der Waals surface area (Å²) in [5.74, 6) is 0. The zero-order chi connectivity index (χ0) is 8.27. The van der Waals surface area contributed by atoms with Crippen LogP contribution in [-0.2, 0) is 6.42 Å². The Morgan fingerprint density at radius 1 is 1.64 bits per heavy atom. The first-order valence-electron chi connectivity index (χ1n) is 3.07. The van der Waals surface area contributed by atoms with Gasteiger partial charge >= 0.3 is 0 Å². The lowest BCUT2D eigenvalue weighted by atomic mass is 10.3. The van der Waals surface area contributed by atoms with E-state index in [1.165, 1.54) is 0 Å². The minimum Gasteiger partial charge on any atom is -0.393 e. The van der Waals surface area contributed by atoms with Crippen molar-refractivity contribution in [1.29, 1.82) is 0 Å². The molecule has 0 atom stereocenters. The lowest BCUT2D eigenvalue weighted by Gasteiger charge is -1.96. The van der Waals surface area contributed by atoms with Gasteiger partial charge in [0.15, 0.2) is 0 Å². The minimum absolute atomic E-state index is 0.444. The first-order chi connectivity index (χ1) is 5.18. The maximum absolute atomic E-state index is 5.62. The second kappa shape index (κ2) is 3.64. The van der Waals surface area contributed by atoms with Gasteiger partial charge in [-0.1, -0.05) is 23.8 Å². The molecule has 0 aliphatic rings. The Kier molecular flexibility index (Phi) is 2.79. The molecule has 0 spiro atoms. The van der Waals surface area contributed by atoms with Gasteiger partial charge in [-0.05, 0) is 12.1 Å². The Bertz CT molecular complexity index is 258. The van der Waals surface area contributed by atoms with Crippen molar-refractivity contribution in [3.05, 3.63) is 29.0 Å². The number of halogens is 1. The highest BCUT2D eigenvalue weighted by Gasteiger charge is 1.95. The number of nitrogens with two attached hydrogens (primary N) is 1. The lowest BCUT2D eigenvalue weighted by molar-refractivity contribution is 1.14. The van der Waals surface area contributed by atoms with Gasteiger partial charge in [0.1, 0.15) is 0 Å². The summed E-state index contributed by atoms with van der Waals surface area (Å²) in [5.41, 5.74) is 6.17. The second-order valence-corrected chi connectivity index (χ2v) is 3.07. The van der Waals surface area contributed by atoms with E-state index in [-0.39, 0.29) is 0 Å². The molecular weight excluding hydrogens is 180 g/mol. The van der Waals surface area contributed by atoms with Crippen molar-refractivity contribution in [2.45, 2.75) is 6.42 Å². The lowest BCUT2D eigenvalue weighted by Crippen LogP contribution is -2.11. The molecule has 0 bridgehead atoms. The molecule has 0 saturated heterocycles. The van der Waals surface area contributed by atoms with Crippen LogP contribution in [0.4, 0.5) is 0 Å². The highest BCUT2D eigenvalue weighted by molar-refractivity contribution is 7.80. The summed E-state index contributed by atoms with van der Waals surface area (Å²) in [6.07, 6.45) is 2.11. The van der Waals surface area contributed by atoms with Crippen molar-refractivity contribution in [1.82, 2.24) is 4.98 Å². The van der Waals surface area contributed by atoms with E-state index >= 15 is 0 Å². The molecule has 0 radical (unpaired) electrons. The number of thiocarbonyl (C=S) groups is 1. The number of nitrogens with zero attached hydrogens (tertiary/aromatic N) is 1. The number of rotatable bonds is 2. The number of pyridine rings is 1. The van der Waals surface area contributed by atoms with E-state index in [4.69, 9.17) is 29.6 Å². The average molecular weight is 187 g/mol. The highest BCUT2D eigenvalue weighted by Crippen LogP contribution is 2.06. The topological polar surface area (TPSA) is 38.9 Å². The van der Waals surface area contributed by atoms with Gasteiger partial charge in [0.25, 0.3) is 0 Å². The van der Waals surface area contributed by atoms with Crippen molar-refractivity contribution in [2.24, 2.45) is 5.73 Å². The van der Waals surface area contributed by atoms with Crippen LogP contribution in [-0.4, -0.2) is 9.97 Å². The van der Waals surface area contributed by atoms with Gasteiger partial charge < -0.3 is 5.73 Å². The number of hydrogen-bond donors (Lipinski definition) is 1. The Hall–Kier alpha value is -0.670. The SMILES string of the molecule is NC(=S)Cc1ccc(Cl)cn1. The fourth-order valence-corrected chi connectivity index (χ4v) is 0.949. The van der Waals surface area contributed by atoms with Crippen LogP contribution in [0.15, 0.2) is 18.3 Å². The molecule has 0 aromatic carbocycles. The number of hydrogen-bond acceptors (Lipinski definition) is 2. The Morgan fingerprint density at radius 2 is 2.36 bits per heavy atom. The van der Waals surface area contributed by atoms with Crippen molar-refractivity contribution in [3.8, 4) is 0 Å². The first-order valence-corrected chi connectivity index (χ1v) is 3.86. The van der Waals surface area contributed by atoms with E-state index < -0.39 is 0 Å². The van der Waals surface area contributed by atoms with Crippen LogP contribution in [0.25, 0.3) is 0 Å². The van der Waals surface area contributed by atoms with Crippen LogP contribution in [0.2, 0.25) is 5.02 Å². The zero-order valence-corrected chi connectivity index (χ0v) is 7.32. The smallest absolute Gasteiger partial charge is 0.0787 e. The zero-order valence-electron chi connectivity index (χ0n) is 5.75. The molecule has 0 aliphatic heterocycles. The molecule has 1 aromatic rings. The molecule has 0 aliphatic carbocycles. The van der Waals surface area contributed by atoms with Crippen molar-refractivity contribution < 1.29 is 0 Å². The third-order valence-electron chi connectivity index (χ3n) is 1.14. The van der Waals surface area contributed by atoms with E-state index in [0.717, 1.165) is 5.69 Å². The first kappa shape index (κ1) is 8.43. The highest BCUT2D eigenvalue weighted by atomic mass is 35.5. The Labute approximate surface area is 75.4 Å². The van der Waals surface area contributed by atoms with Crippen LogP contribution in [0.1, 0.15) is 5.69 Å². The van der Waals surface area contributed by atoms with Gasteiger partial charge in [-0.25, -0.2) is 0 Å². The van der Waals surface area contributed by atoms with Gasteiger partial charge in [-0.15, -0.1) is 0 Å². The molecule has 11 heavy (non-hydrogen) atoms. The third-order valence-corrected chi connectivity index (χ3v) is 1.51. The summed E-state index contributed by atoms with van der Waals surface area (Å²) in [7, 11) is 0. The molecular formula is C7H7ClN2S. The van der Waals surface area contributed by atoms with E-state index in [0.29, 0.717) is 16.4 Å². The monoisotopic (exact) mass is 186 g/mol. The molecule has 0 unspecified atom stereocenters. The predicted molar refractivity (Wildman–Crippen MR) is 49.7 cm³/mol. The van der Waals surface area contributed by atoms with Gasteiger partial charge in [0, 0.05) is 18.3 Å². The van der Waals surface area contributed by atoms with Crippen LogP contribution < -0.4 is 5.73 Å². The molecule has 2 nitrogen and oxygen atoms in total. The Morgan fingerprint density at radius 3 is 2.82 bits per heavy atom. The molecule has 0 saturated carbocycles. The molecule has 58 valence electrons. The third kappa shape index (κ3) is 2.82. The summed E-state index contributed by atoms with van der Waals surface area (Å²) in [4.78, 5) is 4.46. The molecule has 1 aromatic heterocycles. The standard InChI is InChI=1S/C7H7ClN2S/c8-5-1-2-6(10-4-5)3-7(9)11/h1-2,4H,3H2,(H2,9,11). The van der Waals surface area contributed by atoms with Crippen molar-refractivity contribution in [2.75, 3.05) is 0 Å². The average Bonchev–Trinajstić information content (AvgIpc) is 1.93. The second-order valence-electron chi connectivity index (χ2n) is 2.11. The van der Waals surface area contributed by atoms with Crippen LogP contribution in [0, 0.1) is 0 Å². The molecule has 4 heteroatoms. The quantitative estimate of drug-likeness (QED) is 0.713. The normalized spacial score (nSPS) is 9.55. The largest absolute Gasteiger partial charge is 0.393 e. The van der Waals surface area contributed by atoms with Gasteiger partial charge in [-0.2, -0.15) is 0 Å². The maximum atomic E-state index is 5.62. The Balaban J connectivity index is 2.74. The fraction of sp³-hybridized carbons (Fsp3) is 0.143. The molecule has 1 heterocycles. The van der Waals surface area contributed by atoms with Crippen LogP contribution in [0.5, 0.6) is 0 Å². The van der Waals surface area contributed by atoms with Crippen LogP contribution in [0.3, 0.4) is 0 Å². The maximum Gasteiger partial charge on any atom is 0.0787 e. The predicted octanol–water partition coefficient (Wildman–Crippen LogP) is 1.56. The summed E-state index contributed by atoms with van der Waals surface area (Å²) < 4.78 is 0. The summed E-state index contributed by atoms with van der Waals surface area (Å²) in [5, 5.41) is 0.622. The summed E-state index contributed by atoms with van der Waals surface area (Å²) in [6.45, 7) is 0. The minimum atomic E-state index is 0.444. The fourth-order valence-electron chi connectivity index (χ4n) is 0.690. The molecule has 1 rings (SSSR count). The summed E-state index contributed by atoms with van der Waals surface area (Å²) in [6, 6.07) is 3.57. The van der Waals surface area contributed by atoms with E-state index in [1.54, 1.807) is 12.3 Å². The molecule has 2 N–H and O–H groups in total. The van der Waals surface area contributed by atoms with Gasteiger partial charge in [-0.3, -0.25) is 4.98 Å².